The fraction of sp³-hybridized carbons (Fsp3) is 0.471. The molecule has 0 saturated heterocycles. The van der Waals surface area contributed by atoms with Gasteiger partial charge in [-0.25, -0.2) is 4.98 Å². The minimum atomic E-state index is 0.484. The molecule has 0 amide bonds. The Kier molecular flexibility index (Phi) is 4.18. The van der Waals surface area contributed by atoms with Crippen molar-refractivity contribution in [2.24, 2.45) is 0 Å². The largest absolute Gasteiger partial charge is 0.316 e. The van der Waals surface area contributed by atoms with Gasteiger partial charge in [-0.2, -0.15) is 0 Å². The Morgan fingerprint density at radius 3 is 3.00 bits per heavy atom. The van der Waals surface area contributed by atoms with E-state index in [1.165, 1.54) is 30.0 Å². The first-order chi connectivity index (χ1) is 9.78. The summed E-state index contributed by atoms with van der Waals surface area (Å²) in [7, 11) is 2.08. The highest BCUT2D eigenvalue weighted by molar-refractivity contribution is 7.09. The Bertz CT molecular complexity index is 576. The van der Waals surface area contributed by atoms with E-state index in [1.54, 1.807) is 22.5 Å². The van der Waals surface area contributed by atoms with Crippen molar-refractivity contribution in [3.8, 4) is 0 Å². The molecule has 2 atom stereocenters. The van der Waals surface area contributed by atoms with Crippen molar-refractivity contribution in [2.45, 2.75) is 44.6 Å². The molecule has 2 unspecified atom stereocenters. The number of hydrogen-bond donors (Lipinski definition) is 1. The molecule has 1 aliphatic carbocycles. The minimum Gasteiger partial charge on any atom is -0.316 e. The summed E-state index contributed by atoms with van der Waals surface area (Å²) in [5.74, 6) is 0.618. The van der Waals surface area contributed by atoms with Crippen molar-refractivity contribution in [1.29, 1.82) is 0 Å². The molecule has 106 valence electrons. The van der Waals surface area contributed by atoms with E-state index >= 15 is 0 Å². The van der Waals surface area contributed by atoms with E-state index in [-0.39, 0.29) is 0 Å². The Morgan fingerprint density at radius 2 is 2.25 bits per heavy atom. The van der Waals surface area contributed by atoms with Crippen LogP contribution in [0.3, 0.4) is 0 Å². The molecule has 20 heavy (non-hydrogen) atoms. The molecule has 3 rings (SSSR count). The van der Waals surface area contributed by atoms with Crippen LogP contribution >= 0.6 is 11.3 Å². The summed E-state index contributed by atoms with van der Waals surface area (Å²) < 4.78 is 0. The van der Waals surface area contributed by atoms with E-state index < -0.39 is 0 Å². The molecule has 0 bridgehead atoms. The van der Waals surface area contributed by atoms with E-state index in [9.17, 15) is 0 Å². The molecule has 1 aromatic heterocycles. The van der Waals surface area contributed by atoms with Crippen molar-refractivity contribution in [3.63, 3.8) is 0 Å². The van der Waals surface area contributed by atoms with Crippen LogP contribution in [0.2, 0.25) is 0 Å². The highest BCUT2D eigenvalue weighted by Crippen LogP contribution is 2.34. The lowest BCUT2D eigenvalue weighted by Gasteiger charge is -2.32. The first kappa shape index (κ1) is 13.8. The van der Waals surface area contributed by atoms with Gasteiger partial charge in [-0.05, 0) is 50.3 Å². The van der Waals surface area contributed by atoms with E-state index in [0.717, 1.165) is 6.42 Å². The second kappa shape index (κ2) is 6.06. The average Bonchev–Trinajstić information content (AvgIpc) is 2.89. The van der Waals surface area contributed by atoms with Gasteiger partial charge in [0.2, 0.25) is 0 Å². The molecule has 1 aliphatic rings. The third kappa shape index (κ3) is 2.79. The number of fused-ring (bicyclic) bond motifs is 1. The Labute approximate surface area is 125 Å². The molecule has 0 fully saturated rings. The van der Waals surface area contributed by atoms with Gasteiger partial charge in [-0.15, -0.1) is 11.3 Å². The third-order valence-electron chi connectivity index (χ3n) is 4.37. The number of nitrogens with one attached hydrogen (secondary N) is 1. The fourth-order valence-electron chi connectivity index (χ4n) is 3.38. The molecule has 2 nitrogen and oxygen atoms in total. The summed E-state index contributed by atoms with van der Waals surface area (Å²) in [6.07, 6.45) is 4.85. The summed E-state index contributed by atoms with van der Waals surface area (Å²) in [6, 6.07) is 9.44. The number of aryl methyl sites for hydroxylation is 2. The summed E-state index contributed by atoms with van der Waals surface area (Å²) in [5.41, 5.74) is 4.32. The molecule has 1 heterocycles. The highest BCUT2D eigenvalue weighted by atomic mass is 32.1. The quantitative estimate of drug-likeness (QED) is 0.927. The topological polar surface area (TPSA) is 24.9 Å². The fourth-order valence-corrected chi connectivity index (χ4v) is 4.01. The summed E-state index contributed by atoms with van der Waals surface area (Å²) in [4.78, 5) is 4.63. The number of aromatic nitrogens is 1. The van der Waals surface area contributed by atoms with Crippen molar-refractivity contribution >= 4 is 11.3 Å². The van der Waals surface area contributed by atoms with Gasteiger partial charge in [0.05, 0.1) is 10.7 Å². The van der Waals surface area contributed by atoms with Crippen molar-refractivity contribution in [1.82, 2.24) is 10.3 Å². The van der Waals surface area contributed by atoms with E-state index in [0.29, 0.717) is 12.0 Å². The van der Waals surface area contributed by atoms with Crippen LogP contribution in [0.4, 0.5) is 0 Å². The van der Waals surface area contributed by atoms with E-state index in [1.807, 2.05) is 0 Å². The van der Waals surface area contributed by atoms with Gasteiger partial charge in [0, 0.05) is 17.8 Å². The molecule has 0 aliphatic heterocycles. The lowest BCUT2D eigenvalue weighted by atomic mass is 9.77. The first-order valence-electron chi connectivity index (χ1n) is 7.44. The van der Waals surface area contributed by atoms with E-state index in [4.69, 9.17) is 0 Å². The lowest BCUT2D eigenvalue weighted by molar-refractivity contribution is 0.409. The predicted molar refractivity (Wildman–Crippen MR) is 85.5 cm³/mol. The van der Waals surface area contributed by atoms with Crippen LogP contribution < -0.4 is 5.32 Å². The van der Waals surface area contributed by atoms with E-state index in [2.05, 4.69) is 53.9 Å². The van der Waals surface area contributed by atoms with Crippen LogP contribution in [0.15, 0.2) is 29.6 Å². The summed E-state index contributed by atoms with van der Waals surface area (Å²) in [5, 5.41) is 6.90. The van der Waals surface area contributed by atoms with Gasteiger partial charge in [0.1, 0.15) is 0 Å². The number of hydrogen-bond acceptors (Lipinski definition) is 3. The van der Waals surface area contributed by atoms with Crippen LogP contribution in [-0.2, 0) is 12.8 Å². The zero-order valence-corrected chi connectivity index (χ0v) is 13.0. The molecular weight excluding hydrogens is 264 g/mol. The normalized spacial score (nSPS) is 19.6. The van der Waals surface area contributed by atoms with Crippen molar-refractivity contribution in [2.75, 3.05) is 7.05 Å². The summed E-state index contributed by atoms with van der Waals surface area (Å²) >= 11 is 1.75. The Morgan fingerprint density at radius 1 is 1.40 bits per heavy atom. The van der Waals surface area contributed by atoms with Gasteiger partial charge >= 0.3 is 0 Å². The maximum Gasteiger partial charge on any atom is 0.0897 e. The molecular formula is C17H22N2S. The maximum atomic E-state index is 4.63. The maximum absolute atomic E-state index is 4.63. The Balaban J connectivity index is 1.83. The highest BCUT2D eigenvalue weighted by Gasteiger charge is 2.27. The molecule has 1 aromatic carbocycles. The van der Waals surface area contributed by atoms with Crippen LogP contribution in [-0.4, -0.2) is 18.1 Å². The van der Waals surface area contributed by atoms with Gasteiger partial charge < -0.3 is 5.32 Å². The minimum absolute atomic E-state index is 0.484. The standard InChI is InChI=1S/C17H22N2S/c1-12-19-14(11-20-12)10-17(18-2)16-9-5-7-13-6-3-4-8-15(13)16/h3-4,6,8,11,16-18H,5,7,9-10H2,1-2H3. The van der Waals surface area contributed by atoms with Gasteiger partial charge in [0.15, 0.2) is 0 Å². The molecule has 1 N–H and O–H groups in total. The molecule has 0 radical (unpaired) electrons. The van der Waals surface area contributed by atoms with Crippen molar-refractivity contribution < 1.29 is 0 Å². The molecule has 2 aromatic rings. The number of rotatable bonds is 4. The monoisotopic (exact) mass is 286 g/mol. The van der Waals surface area contributed by atoms with Gasteiger partial charge in [-0.1, -0.05) is 24.3 Å². The second-order valence-electron chi connectivity index (χ2n) is 5.65. The second-order valence-corrected chi connectivity index (χ2v) is 6.72. The van der Waals surface area contributed by atoms with Crippen LogP contribution in [0.25, 0.3) is 0 Å². The predicted octanol–water partition coefficient (Wildman–Crippen LogP) is 3.70. The molecule has 0 saturated carbocycles. The first-order valence-corrected chi connectivity index (χ1v) is 8.32. The zero-order chi connectivity index (χ0) is 13.9. The van der Waals surface area contributed by atoms with Crippen LogP contribution in [0, 0.1) is 6.92 Å². The van der Waals surface area contributed by atoms with Crippen LogP contribution in [0.5, 0.6) is 0 Å². The lowest BCUT2D eigenvalue weighted by Crippen LogP contribution is -2.36. The zero-order valence-electron chi connectivity index (χ0n) is 12.2. The van der Waals surface area contributed by atoms with Crippen LogP contribution in [0.1, 0.15) is 40.6 Å². The molecule has 3 heteroatoms. The average molecular weight is 286 g/mol. The SMILES string of the molecule is CNC(Cc1csc(C)n1)C1CCCc2ccccc21. The third-order valence-corrected chi connectivity index (χ3v) is 5.19. The van der Waals surface area contributed by atoms with Gasteiger partial charge in [-0.3, -0.25) is 0 Å². The number of likely N-dealkylation sites (N-methyl/N-ethyl adjacent to an activating group) is 1. The van der Waals surface area contributed by atoms with Gasteiger partial charge in [0.25, 0.3) is 0 Å². The Hall–Kier alpha value is -1.19. The smallest absolute Gasteiger partial charge is 0.0897 e. The number of benzene rings is 1. The number of nitrogens with zero attached hydrogens (tertiary/aromatic N) is 1. The molecule has 0 spiro atoms. The number of thiazole rings is 1. The van der Waals surface area contributed by atoms with Crippen molar-refractivity contribution in [3.05, 3.63) is 51.5 Å². The summed E-state index contributed by atoms with van der Waals surface area (Å²) in [6.45, 7) is 2.08.